The minimum Gasteiger partial charge on any atom is -0.490 e. The van der Waals surface area contributed by atoms with Crippen LogP contribution >= 0.6 is 0 Å². The van der Waals surface area contributed by atoms with Crippen molar-refractivity contribution in [3.8, 4) is 5.75 Å². The minimum atomic E-state index is -4.50. The van der Waals surface area contributed by atoms with E-state index in [1.165, 1.54) is 6.07 Å². The van der Waals surface area contributed by atoms with Gasteiger partial charge in [0.2, 0.25) is 0 Å². The normalized spacial score (nSPS) is 17.8. The van der Waals surface area contributed by atoms with Crippen molar-refractivity contribution in [2.24, 2.45) is 0 Å². The highest BCUT2D eigenvalue weighted by Gasteiger charge is 2.47. The number of carbonyl (C=O) groups is 2. The molecule has 0 radical (unpaired) electrons. The van der Waals surface area contributed by atoms with Gasteiger partial charge in [0.1, 0.15) is 11.3 Å². The van der Waals surface area contributed by atoms with E-state index in [4.69, 9.17) is 9.47 Å². The number of alkyl halides is 3. The first-order chi connectivity index (χ1) is 15.0. The van der Waals surface area contributed by atoms with Crippen LogP contribution in [0.5, 0.6) is 5.75 Å². The number of benzene rings is 2. The lowest BCUT2D eigenvalue weighted by Gasteiger charge is -2.28. The van der Waals surface area contributed by atoms with E-state index >= 15 is 0 Å². The van der Waals surface area contributed by atoms with E-state index in [1.807, 2.05) is 13.8 Å². The van der Waals surface area contributed by atoms with Crippen molar-refractivity contribution >= 4 is 11.9 Å². The molecule has 32 heavy (non-hydrogen) atoms. The van der Waals surface area contributed by atoms with E-state index in [0.717, 1.165) is 17.7 Å². The third-order valence-electron chi connectivity index (χ3n) is 5.35. The van der Waals surface area contributed by atoms with Crippen molar-refractivity contribution in [2.45, 2.75) is 58.4 Å². The molecule has 0 bridgehead atoms. The number of carbonyl (C=O) groups excluding carboxylic acids is 2. The SMILES string of the molecule is CCOC(=O)C1(NC(=O)c2cccc(C)c2OC(C)C)Cc2ccc(C(F)(F)F)cc2C1. The molecule has 0 spiro atoms. The Morgan fingerprint density at radius 2 is 1.81 bits per heavy atom. The van der Waals surface area contributed by atoms with E-state index in [9.17, 15) is 22.8 Å². The molecule has 0 saturated carbocycles. The van der Waals surface area contributed by atoms with Crippen molar-refractivity contribution in [2.75, 3.05) is 6.61 Å². The average molecular weight is 449 g/mol. The average Bonchev–Trinajstić information content (AvgIpc) is 3.07. The summed E-state index contributed by atoms with van der Waals surface area (Å²) in [4.78, 5) is 26.2. The summed E-state index contributed by atoms with van der Waals surface area (Å²) in [6.45, 7) is 7.18. The van der Waals surface area contributed by atoms with Crippen molar-refractivity contribution in [1.82, 2.24) is 5.32 Å². The van der Waals surface area contributed by atoms with Crippen molar-refractivity contribution < 1.29 is 32.2 Å². The number of hydrogen-bond donors (Lipinski definition) is 1. The van der Waals surface area contributed by atoms with Crippen LogP contribution in [0, 0.1) is 6.92 Å². The highest BCUT2D eigenvalue weighted by atomic mass is 19.4. The lowest BCUT2D eigenvalue weighted by Crippen LogP contribution is -2.56. The van der Waals surface area contributed by atoms with Gasteiger partial charge in [0, 0.05) is 12.8 Å². The van der Waals surface area contributed by atoms with E-state index < -0.39 is 29.2 Å². The molecular formula is C24H26F3NO4. The Morgan fingerprint density at radius 3 is 2.44 bits per heavy atom. The molecule has 1 aliphatic rings. The molecule has 1 atom stereocenters. The van der Waals surface area contributed by atoms with Gasteiger partial charge in [-0.15, -0.1) is 0 Å². The van der Waals surface area contributed by atoms with Crippen molar-refractivity contribution in [3.63, 3.8) is 0 Å². The number of fused-ring (bicyclic) bond motifs is 1. The number of aryl methyl sites for hydroxylation is 1. The standard InChI is InChI=1S/C24H26F3NO4/c1-5-31-22(30)23(12-16-9-10-18(24(25,26)27)11-17(16)13-23)28-21(29)19-8-6-7-15(4)20(19)32-14(2)3/h6-11,14H,5,12-13H2,1-4H3,(H,28,29). The third-order valence-corrected chi connectivity index (χ3v) is 5.35. The molecule has 0 aromatic heterocycles. The second-order valence-corrected chi connectivity index (χ2v) is 8.21. The summed E-state index contributed by atoms with van der Waals surface area (Å²) in [5, 5.41) is 2.76. The van der Waals surface area contributed by atoms with Crippen LogP contribution in [0.2, 0.25) is 0 Å². The van der Waals surface area contributed by atoms with Crippen LogP contribution in [0.4, 0.5) is 13.2 Å². The number of rotatable bonds is 6. The van der Waals surface area contributed by atoms with Crippen LogP contribution in [0.3, 0.4) is 0 Å². The topological polar surface area (TPSA) is 64.6 Å². The van der Waals surface area contributed by atoms with Gasteiger partial charge in [-0.3, -0.25) is 4.79 Å². The number of amides is 1. The van der Waals surface area contributed by atoms with E-state index in [2.05, 4.69) is 5.32 Å². The monoisotopic (exact) mass is 449 g/mol. The third kappa shape index (κ3) is 4.74. The second-order valence-electron chi connectivity index (χ2n) is 8.21. The maximum atomic E-state index is 13.3. The quantitative estimate of drug-likeness (QED) is 0.653. The van der Waals surface area contributed by atoms with Crippen LogP contribution in [-0.2, 0) is 28.5 Å². The maximum absolute atomic E-state index is 13.3. The molecule has 5 nitrogen and oxygen atoms in total. The summed E-state index contributed by atoms with van der Waals surface area (Å²) in [6, 6.07) is 8.46. The lowest BCUT2D eigenvalue weighted by molar-refractivity contribution is -0.150. The van der Waals surface area contributed by atoms with Gasteiger partial charge in [0.05, 0.1) is 23.8 Å². The first-order valence-electron chi connectivity index (χ1n) is 10.4. The van der Waals surface area contributed by atoms with Gasteiger partial charge >= 0.3 is 12.1 Å². The summed E-state index contributed by atoms with van der Waals surface area (Å²) in [7, 11) is 0. The number of esters is 1. The van der Waals surface area contributed by atoms with Gasteiger partial charge in [-0.2, -0.15) is 13.2 Å². The van der Waals surface area contributed by atoms with Gasteiger partial charge in [0.15, 0.2) is 0 Å². The molecule has 0 fully saturated rings. The molecule has 1 amide bonds. The Labute approximate surface area is 184 Å². The number of ether oxygens (including phenoxy) is 2. The van der Waals surface area contributed by atoms with Gasteiger partial charge in [0.25, 0.3) is 5.91 Å². The molecule has 2 aromatic carbocycles. The molecule has 8 heteroatoms. The largest absolute Gasteiger partial charge is 0.490 e. The molecule has 1 N–H and O–H groups in total. The minimum absolute atomic E-state index is 0.0389. The van der Waals surface area contributed by atoms with E-state index in [1.54, 1.807) is 32.0 Å². The molecule has 172 valence electrons. The summed E-state index contributed by atoms with van der Waals surface area (Å²) in [6.07, 6.45) is -4.74. The Morgan fingerprint density at radius 1 is 1.12 bits per heavy atom. The molecule has 2 aromatic rings. The van der Waals surface area contributed by atoms with Crippen LogP contribution in [-0.4, -0.2) is 30.1 Å². The number of nitrogens with one attached hydrogen (secondary N) is 1. The molecule has 3 rings (SSSR count). The highest BCUT2D eigenvalue weighted by Crippen LogP contribution is 2.37. The van der Waals surface area contributed by atoms with Crippen LogP contribution in [0.1, 0.15) is 53.4 Å². The lowest BCUT2D eigenvalue weighted by atomic mass is 9.94. The zero-order valence-electron chi connectivity index (χ0n) is 18.4. The molecule has 0 heterocycles. The highest BCUT2D eigenvalue weighted by molar-refractivity contribution is 6.01. The van der Waals surface area contributed by atoms with Crippen LogP contribution in [0.25, 0.3) is 0 Å². The van der Waals surface area contributed by atoms with Crippen molar-refractivity contribution in [1.29, 1.82) is 0 Å². The first kappa shape index (κ1) is 23.6. The van der Waals surface area contributed by atoms with Gasteiger partial charge in [-0.05, 0) is 62.6 Å². The predicted octanol–water partition coefficient (Wildman–Crippen LogP) is 4.63. The van der Waals surface area contributed by atoms with Gasteiger partial charge < -0.3 is 14.8 Å². The summed E-state index contributed by atoms with van der Waals surface area (Å²) >= 11 is 0. The van der Waals surface area contributed by atoms with Crippen LogP contribution in [0.15, 0.2) is 36.4 Å². The van der Waals surface area contributed by atoms with Crippen molar-refractivity contribution in [3.05, 3.63) is 64.2 Å². The van der Waals surface area contributed by atoms with E-state index in [0.29, 0.717) is 16.9 Å². The fourth-order valence-corrected chi connectivity index (χ4v) is 3.91. The summed E-state index contributed by atoms with van der Waals surface area (Å²) < 4.78 is 50.5. The second kappa shape index (κ2) is 8.84. The molecule has 1 unspecified atom stereocenters. The fraction of sp³-hybridized carbons (Fsp3) is 0.417. The van der Waals surface area contributed by atoms with Gasteiger partial charge in [-0.1, -0.05) is 18.2 Å². The maximum Gasteiger partial charge on any atom is 0.416 e. The number of para-hydroxylation sites is 1. The Balaban J connectivity index is 1.97. The number of hydrogen-bond acceptors (Lipinski definition) is 4. The Hall–Kier alpha value is -3.03. The Bertz CT molecular complexity index is 1030. The smallest absolute Gasteiger partial charge is 0.416 e. The predicted molar refractivity (Wildman–Crippen MR) is 113 cm³/mol. The first-order valence-corrected chi connectivity index (χ1v) is 10.4. The zero-order valence-corrected chi connectivity index (χ0v) is 18.4. The Kier molecular flexibility index (Phi) is 6.53. The fourth-order valence-electron chi connectivity index (χ4n) is 3.91. The van der Waals surface area contributed by atoms with Gasteiger partial charge in [-0.25, -0.2) is 4.79 Å². The molecule has 1 aliphatic carbocycles. The molecular weight excluding hydrogens is 423 g/mol. The van der Waals surface area contributed by atoms with Crippen LogP contribution < -0.4 is 10.1 Å². The number of halogens is 3. The zero-order chi connectivity index (χ0) is 23.7. The molecule has 0 saturated heterocycles. The summed E-state index contributed by atoms with van der Waals surface area (Å²) in [5.41, 5.74) is -0.382. The molecule has 0 aliphatic heterocycles. The van der Waals surface area contributed by atoms with E-state index in [-0.39, 0.29) is 31.1 Å². The summed E-state index contributed by atoms with van der Waals surface area (Å²) in [5.74, 6) is -0.841.